The fraction of sp³-hybridized carbons (Fsp3) is 0.818. The Morgan fingerprint density at radius 2 is 2.19 bits per heavy atom. The van der Waals surface area contributed by atoms with Crippen molar-refractivity contribution in [2.45, 2.75) is 25.0 Å². The molecule has 1 saturated carbocycles. The minimum Gasteiger partial charge on any atom is -0.318 e. The average Bonchev–Trinajstić information content (AvgIpc) is 3.01. The van der Waals surface area contributed by atoms with E-state index in [1.54, 1.807) is 14.0 Å². The maximum atomic E-state index is 12.2. The molecule has 1 atom stereocenters. The lowest BCUT2D eigenvalue weighted by Gasteiger charge is -2.23. The summed E-state index contributed by atoms with van der Waals surface area (Å²) in [6.45, 7) is 2.93. The third-order valence-electron chi connectivity index (χ3n) is 2.79. The molecule has 1 aliphatic carbocycles. The summed E-state index contributed by atoms with van der Waals surface area (Å²) in [5, 5.41) is 2.46. The quantitative estimate of drug-likeness (QED) is 0.654. The molecule has 0 aromatic carbocycles. The molecule has 0 radical (unpaired) electrons. The van der Waals surface area contributed by atoms with Gasteiger partial charge in [-0.25, -0.2) is 8.42 Å². The summed E-state index contributed by atoms with van der Waals surface area (Å²) in [5.74, 6) is 2.95. The Hall–Kier alpha value is -0.570. The van der Waals surface area contributed by atoms with Gasteiger partial charge >= 0.3 is 0 Å². The SMILES string of the molecule is C#CCN(CC1CC1)S(=O)(=O)C(C)CNC. The molecule has 5 heteroatoms. The highest BCUT2D eigenvalue weighted by Crippen LogP contribution is 2.30. The highest BCUT2D eigenvalue weighted by molar-refractivity contribution is 7.89. The van der Waals surface area contributed by atoms with Crippen LogP contribution in [0.4, 0.5) is 0 Å². The van der Waals surface area contributed by atoms with Crippen molar-refractivity contribution in [1.82, 2.24) is 9.62 Å². The fourth-order valence-electron chi connectivity index (χ4n) is 1.60. The minimum absolute atomic E-state index is 0.187. The van der Waals surface area contributed by atoms with E-state index in [2.05, 4.69) is 11.2 Å². The van der Waals surface area contributed by atoms with Crippen molar-refractivity contribution in [3.8, 4) is 12.3 Å². The van der Waals surface area contributed by atoms with E-state index < -0.39 is 15.3 Å². The third kappa shape index (κ3) is 3.48. The Bertz CT molecular complexity index is 355. The van der Waals surface area contributed by atoms with Gasteiger partial charge in [-0.3, -0.25) is 0 Å². The van der Waals surface area contributed by atoms with E-state index in [9.17, 15) is 8.42 Å². The van der Waals surface area contributed by atoms with E-state index >= 15 is 0 Å². The van der Waals surface area contributed by atoms with Crippen LogP contribution in [-0.2, 0) is 10.0 Å². The van der Waals surface area contributed by atoms with Gasteiger partial charge < -0.3 is 5.32 Å². The van der Waals surface area contributed by atoms with E-state index in [0.29, 0.717) is 19.0 Å². The average molecular weight is 244 g/mol. The molecule has 0 aromatic heterocycles. The van der Waals surface area contributed by atoms with Crippen molar-refractivity contribution in [1.29, 1.82) is 0 Å². The van der Waals surface area contributed by atoms with Crippen LogP contribution < -0.4 is 5.32 Å². The van der Waals surface area contributed by atoms with Crippen LogP contribution in [-0.4, -0.2) is 44.7 Å². The van der Waals surface area contributed by atoms with E-state index in [1.165, 1.54) is 4.31 Å². The van der Waals surface area contributed by atoms with E-state index in [0.717, 1.165) is 12.8 Å². The first-order valence-electron chi connectivity index (χ1n) is 5.59. The molecule has 1 N–H and O–H groups in total. The summed E-state index contributed by atoms with van der Waals surface area (Å²) in [6.07, 6.45) is 7.47. The molecule has 0 aliphatic heterocycles. The van der Waals surface area contributed by atoms with E-state index in [-0.39, 0.29) is 6.54 Å². The van der Waals surface area contributed by atoms with Crippen molar-refractivity contribution in [3.63, 3.8) is 0 Å². The lowest BCUT2D eigenvalue weighted by Crippen LogP contribution is -2.42. The highest BCUT2D eigenvalue weighted by atomic mass is 32.2. The lowest BCUT2D eigenvalue weighted by atomic mass is 10.4. The summed E-state index contributed by atoms with van der Waals surface area (Å²) >= 11 is 0. The number of hydrogen-bond acceptors (Lipinski definition) is 3. The van der Waals surface area contributed by atoms with Crippen LogP contribution in [0, 0.1) is 18.3 Å². The summed E-state index contributed by atoms with van der Waals surface area (Å²) < 4.78 is 25.8. The van der Waals surface area contributed by atoms with Crippen LogP contribution in [0.25, 0.3) is 0 Å². The second-order valence-corrected chi connectivity index (χ2v) is 6.70. The summed E-state index contributed by atoms with van der Waals surface area (Å²) in [5.41, 5.74) is 0. The van der Waals surface area contributed by atoms with Crippen molar-refractivity contribution in [2.75, 3.05) is 26.7 Å². The number of nitrogens with zero attached hydrogens (tertiary/aromatic N) is 1. The molecule has 0 heterocycles. The second kappa shape index (κ2) is 5.67. The molecule has 0 saturated heterocycles. The zero-order valence-corrected chi connectivity index (χ0v) is 10.8. The fourth-order valence-corrected chi connectivity index (χ4v) is 3.16. The van der Waals surface area contributed by atoms with Gasteiger partial charge in [-0.2, -0.15) is 4.31 Å². The van der Waals surface area contributed by atoms with Gasteiger partial charge in [-0.1, -0.05) is 5.92 Å². The number of sulfonamides is 1. The second-order valence-electron chi connectivity index (χ2n) is 4.35. The predicted molar refractivity (Wildman–Crippen MR) is 65.4 cm³/mol. The molecule has 0 amide bonds. The van der Waals surface area contributed by atoms with Gasteiger partial charge in [0.05, 0.1) is 11.8 Å². The topological polar surface area (TPSA) is 49.4 Å². The Labute approximate surface area is 98.5 Å². The molecule has 1 rings (SSSR count). The third-order valence-corrected chi connectivity index (χ3v) is 4.97. The molecular formula is C11H20N2O2S. The van der Waals surface area contributed by atoms with Gasteiger partial charge in [0.15, 0.2) is 0 Å². The van der Waals surface area contributed by atoms with Crippen LogP contribution in [0.2, 0.25) is 0 Å². The Morgan fingerprint density at radius 1 is 1.56 bits per heavy atom. The predicted octanol–water partition coefficient (Wildman–Crippen LogP) is 0.269. The van der Waals surface area contributed by atoms with Gasteiger partial charge in [0.1, 0.15) is 0 Å². The zero-order chi connectivity index (χ0) is 12.2. The van der Waals surface area contributed by atoms with Crippen LogP contribution in [0.15, 0.2) is 0 Å². The molecule has 16 heavy (non-hydrogen) atoms. The molecule has 0 aromatic rings. The Kier molecular flexibility index (Phi) is 4.78. The smallest absolute Gasteiger partial charge is 0.218 e. The number of terminal acetylenes is 1. The summed E-state index contributed by atoms with van der Waals surface area (Å²) in [4.78, 5) is 0. The largest absolute Gasteiger partial charge is 0.318 e. The van der Waals surface area contributed by atoms with Gasteiger partial charge in [0.25, 0.3) is 0 Å². The van der Waals surface area contributed by atoms with Crippen molar-refractivity contribution in [3.05, 3.63) is 0 Å². The summed E-state index contributed by atoms with van der Waals surface area (Å²) in [6, 6.07) is 0. The van der Waals surface area contributed by atoms with Crippen molar-refractivity contribution < 1.29 is 8.42 Å². The first kappa shape index (κ1) is 13.5. The Balaban J connectivity index is 2.70. The van der Waals surface area contributed by atoms with Gasteiger partial charge in [0, 0.05) is 13.1 Å². The molecular weight excluding hydrogens is 224 g/mol. The first-order chi connectivity index (χ1) is 7.52. The standard InChI is InChI=1S/C11H20N2O2S/c1-4-7-13(9-11-5-6-11)16(14,15)10(2)8-12-3/h1,10-12H,5-9H2,2-3H3. The molecule has 1 unspecified atom stereocenters. The Morgan fingerprint density at radius 3 is 2.62 bits per heavy atom. The van der Waals surface area contributed by atoms with Gasteiger partial charge in [-0.05, 0) is 32.7 Å². The number of rotatable bonds is 7. The van der Waals surface area contributed by atoms with Crippen LogP contribution in [0.5, 0.6) is 0 Å². The maximum Gasteiger partial charge on any atom is 0.218 e. The lowest BCUT2D eigenvalue weighted by molar-refractivity contribution is 0.421. The van der Waals surface area contributed by atoms with Crippen molar-refractivity contribution in [2.24, 2.45) is 5.92 Å². The molecule has 1 fully saturated rings. The normalized spacial score (nSPS) is 18.4. The highest BCUT2D eigenvalue weighted by Gasteiger charge is 2.33. The van der Waals surface area contributed by atoms with Crippen LogP contribution >= 0.6 is 0 Å². The van der Waals surface area contributed by atoms with E-state index in [4.69, 9.17) is 6.42 Å². The molecule has 0 spiro atoms. The van der Waals surface area contributed by atoms with Crippen LogP contribution in [0.3, 0.4) is 0 Å². The van der Waals surface area contributed by atoms with Crippen LogP contribution in [0.1, 0.15) is 19.8 Å². The number of nitrogens with one attached hydrogen (secondary N) is 1. The molecule has 1 aliphatic rings. The van der Waals surface area contributed by atoms with Crippen molar-refractivity contribution >= 4 is 10.0 Å². The van der Waals surface area contributed by atoms with E-state index in [1.807, 2.05) is 0 Å². The summed E-state index contributed by atoms with van der Waals surface area (Å²) in [7, 11) is -1.50. The van der Waals surface area contributed by atoms with Gasteiger partial charge in [-0.15, -0.1) is 6.42 Å². The van der Waals surface area contributed by atoms with Gasteiger partial charge in [0.2, 0.25) is 10.0 Å². The molecule has 0 bridgehead atoms. The number of hydrogen-bond donors (Lipinski definition) is 1. The molecule has 92 valence electrons. The molecule has 4 nitrogen and oxygen atoms in total. The minimum atomic E-state index is -3.25. The first-order valence-corrected chi connectivity index (χ1v) is 7.09. The monoisotopic (exact) mass is 244 g/mol. The maximum absolute atomic E-state index is 12.2. The zero-order valence-electron chi connectivity index (χ0n) is 9.94.